The summed E-state index contributed by atoms with van der Waals surface area (Å²) in [4.78, 5) is 8.27. The molecule has 0 aliphatic heterocycles. The molecule has 0 atom stereocenters. The summed E-state index contributed by atoms with van der Waals surface area (Å²) in [6.45, 7) is 4.14. The third kappa shape index (κ3) is 3.21. The molecular formula is C13H12BrClN2O. The predicted octanol–water partition coefficient (Wildman–Crippen LogP) is 4.81. The standard InChI is InChI=1S/C13H12BrClN2O/c1-8(2)11-6-13(17-7-16-11)18-12-5-9(14)3-4-10(12)15/h3-8H,1-2H3. The van der Waals surface area contributed by atoms with Crippen molar-refractivity contribution in [3.63, 3.8) is 0 Å². The minimum Gasteiger partial charge on any atom is -0.437 e. The van der Waals surface area contributed by atoms with Crippen LogP contribution in [0.1, 0.15) is 25.5 Å². The van der Waals surface area contributed by atoms with Crippen LogP contribution in [0, 0.1) is 0 Å². The fourth-order valence-corrected chi connectivity index (χ4v) is 1.89. The molecule has 0 saturated carbocycles. The first-order valence-corrected chi connectivity index (χ1v) is 6.68. The van der Waals surface area contributed by atoms with Crippen LogP contribution in [0.5, 0.6) is 11.6 Å². The fourth-order valence-electron chi connectivity index (χ4n) is 1.39. The molecule has 1 aromatic heterocycles. The van der Waals surface area contributed by atoms with Crippen LogP contribution in [-0.2, 0) is 0 Å². The quantitative estimate of drug-likeness (QED) is 0.811. The van der Waals surface area contributed by atoms with E-state index < -0.39 is 0 Å². The Morgan fingerprint density at radius 2 is 2.00 bits per heavy atom. The summed E-state index contributed by atoms with van der Waals surface area (Å²) >= 11 is 9.44. The van der Waals surface area contributed by atoms with E-state index in [1.54, 1.807) is 12.1 Å². The maximum absolute atomic E-state index is 6.06. The first-order valence-electron chi connectivity index (χ1n) is 5.51. The van der Waals surface area contributed by atoms with Crippen LogP contribution in [-0.4, -0.2) is 9.97 Å². The highest BCUT2D eigenvalue weighted by molar-refractivity contribution is 9.10. The first-order chi connectivity index (χ1) is 8.56. The van der Waals surface area contributed by atoms with Crippen molar-refractivity contribution in [3.05, 3.63) is 45.8 Å². The third-order valence-corrected chi connectivity index (χ3v) is 3.17. The number of halogens is 2. The molecule has 0 N–H and O–H groups in total. The smallest absolute Gasteiger partial charge is 0.222 e. The van der Waals surface area contributed by atoms with Gasteiger partial charge >= 0.3 is 0 Å². The van der Waals surface area contributed by atoms with E-state index >= 15 is 0 Å². The predicted molar refractivity (Wildman–Crippen MR) is 75.3 cm³/mol. The number of ether oxygens (including phenoxy) is 1. The lowest BCUT2D eigenvalue weighted by Crippen LogP contribution is -1.96. The van der Waals surface area contributed by atoms with E-state index in [4.69, 9.17) is 16.3 Å². The SMILES string of the molecule is CC(C)c1cc(Oc2cc(Br)ccc2Cl)ncn1. The summed E-state index contributed by atoms with van der Waals surface area (Å²) in [6.07, 6.45) is 1.50. The molecule has 0 saturated heterocycles. The topological polar surface area (TPSA) is 35.0 Å². The van der Waals surface area contributed by atoms with Gasteiger partial charge in [0, 0.05) is 10.5 Å². The van der Waals surface area contributed by atoms with E-state index in [1.165, 1.54) is 6.33 Å². The van der Waals surface area contributed by atoms with Gasteiger partial charge in [0.05, 0.1) is 10.7 Å². The van der Waals surface area contributed by atoms with Gasteiger partial charge in [-0.1, -0.05) is 41.4 Å². The molecular weight excluding hydrogens is 316 g/mol. The van der Waals surface area contributed by atoms with Gasteiger partial charge in [-0.05, 0) is 24.1 Å². The fraction of sp³-hybridized carbons (Fsp3) is 0.231. The average Bonchev–Trinajstić information content (AvgIpc) is 2.34. The lowest BCUT2D eigenvalue weighted by molar-refractivity contribution is 0.459. The van der Waals surface area contributed by atoms with Gasteiger partial charge in [0.1, 0.15) is 12.1 Å². The minimum atomic E-state index is 0.327. The monoisotopic (exact) mass is 326 g/mol. The summed E-state index contributed by atoms with van der Waals surface area (Å²) in [7, 11) is 0. The maximum Gasteiger partial charge on any atom is 0.222 e. The maximum atomic E-state index is 6.06. The first kappa shape index (κ1) is 13.3. The molecule has 0 bridgehead atoms. The number of aromatic nitrogens is 2. The molecule has 0 fully saturated rings. The normalized spacial score (nSPS) is 10.7. The van der Waals surface area contributed by atoms with Crippen molar-refractivity contribution in [2.75, 3.05) is 0 Å². The Hall–Kier alpha value is -1.13. The summed E-state index contributed by atoms with van der Waals surface area (Å²) in [5.41, 5.74) is 0.936. The molecule has 0 radical (unpaired) electrons. The van der Waals surface area contributed by atoms with Crippen molar-refractivity contribution < 1.29 is 4.74 Å². The van der Waals surface area contributed by atoms with Crippen molar-refractivity contribution in [3.8, 4) is 11.6 Å². The lowest BCUT2D eigenvalue weighted by atomic mass is 10.1. The summed E-state index contributed by atoms with van der Waals surface area (Å²) < 4.78 is 6.57. The van der Waals surface area contributed by atoms with Crippen LogP contribution in [0.15, 0.2) is 35.1 Å². The zero-order valence-corrected chi connectivity index (χ0v) is 12.4. The second kappa shape index (κ2) is 5.67. The van der Waals surface area contributed by atoms with E-state index in [1.807, 2.05) is 12.1 Å². The Morgan fingerprint density at radius 1 is 1.22 bits per heavy atom. The van der Waals surface area contributed by atoms with Crippen LogP contribution in [0.2, 0.25) is 5.02 Å². The third-order valence-electron chi connectivity index (χ3n) is 2.36. The van der Waals surface area contributed by atoms with E-state index in [0.717, 1.165) is 10.2 Å². The molecule has 2 rings (SSSR count). The summed E-state index contributed by atoms with van der Waals surface area (Å²) in [5, 5.41) is 0.544. The van der Waals surface area contributed by atoms with Crippen molar-refractivity contribution in [2.45, 2.75) is 19.8 Å². The van der Waals surface area contributed by atoms with E-state index in [-0.39, 0.29) is 0 Å². The molecule has 0 aliphatic carbocycles. The van der Waals surface area contributed by atoms with Crippen LogP contribution in [0.4, 0.5) is 0 Å². The number of hydrogen-bond donors (Lipinski definition) is 0. The Labute approximate surface area is 119 Å². The average molecular weight is 328 g/mol. The Bertz CT molecular complexity index is 560. The van der Waals surface area contributed by atoms with Crippen LogP contribution in [0.25, 0.3) is 0 Å². The molecule has 3 nitrogen and oxygen atoms in total. The molecule has 0 amide bonds. The van der Waals surface area contributed by atoms with Crippen molar-refractivity contribution in [1.82, 2.24) is 9.97 Å². The zero-order valence-electron chi connectivity index (χ0n) is 10.0. The number of nitrogens with zero attached hydrogens (tertiary/aromatic N) is 2. The highest BCUT2D eigenvalue weighted by atomic mass is 79.9. The summed E-state index contributed by atoms with van der Waals surface area (Å²) in [6, 6.07) is 7.25. The van der Waals surface area contributed by atoms with Gasteiger partial charge in [-0.2, -0.15) is 0 Å². The van der Waals surface area contributed by atoms with Crippen molar-refractivity contribution >= 4 is 27.5 Å². The number of hydrogen-bond acceptors (Lipinski definition) is 3. The lowest BCUT2D eigenvalue weighted by Gasteiger charge is -2.09. The second-order valence-corrected chi connectivity index (χ2v) is 5.44. The van der Waals surface area contributed by atoms with Gasteiger partial charge < -0.3 is 4.74 Å². The molecule has 2 aromatic rings. The highest BCUT2D eigenvalue weighted by Crippen LogP contribution is 2.31. The molecule has 94 valence electrons. The Balaban J connectivity index is 2.28. The van der Waals surface area contributed by atoms with Crippen LogP contribution < -0.4 is 4.74 Å². The van der Waals surface area contributed by atoms with Gasteiger partial charge in [-0.15, -0.1) is 0 Å². The van der Waals surface area contributed by atoms with E-state index in [0.29, 0.717) is 22.6 Å². The number of rotatable bonds is 3. The molecule has 18 heavy (non-hydrogen) atoms. The molecule has 1 heterocycles. The van der Waals surface area contributed by atoms with Gasteiger partial charge in [-0.25, -0.2) is 9.97 Å². The largest absolute Gasteiger partial charge is 0.437 e. The summed E-state index contributed by atoms with van der Waals surface area (Å²) in [5.74, 6) is 1.39. The van der Waals surface area contributed by atoms with Gasteiger partial charge in [0.2, 0.25) is 5.88 Å². The second-order valence-electron chi connectivity index (χ2n) is 4.11. The Kier molecular flexibility index (Phi) is 4.19. The molecule has 5 heteroatoms. The van der Waals surface area contributed by atoms with Crippen LogP contribution >= 0.6 is 27.5 Å². The van der Waals surface area contributed by atoms with Crippen LogP contribution in [0.3, 0.4) is 0 Å². The van der Waals surface area contributed by atoms with Gasteiger partial charge in [0.15, 0.2) is 0 Å². The van der Waals surface area contributed by atoms with E-state index in [9.17, 15) is 0 Å². The molecule has 0 spiro atoms. The van der Waals surface area contributed by atoms with Crippen molar-refractivity contribution in [2.24, 2.45) is 0 Å². The van der Waals surface area contributed by atoms with Crippen molar-refractivity contribution in [1.29, 1.82) is 0 Å². The van der Waals surface area contributed by atoms with Gasteiger partial charge in [0.25, 0.3) is 0 Å². The molecule has 0 unspecified atom stereocenters. The van der Waals surface area contributed by atoms with E-state index in [2.05, 4.69) is 39.7 Å². The number of benzene rings is 1. The highest BCUT2D eigenvalue weighted by Gasteiger charge is 2.07. The van der Waals surface area contributed by atoms with Gasteiger partial charge in [-0.3, -0.25) is 0 Å². The Morgan fingerprint density at radius 3 is 2.72 bits per heavy atom. The minimum absolute atomic E-state index is 0.327. The zero-order chi connectivity index (χ0) is 13.1. The molecule has 0 aliphatic rings. The molecule has 1 aromatic carbocycles.